The van der Waals surface area contributed by atoms with Gasteiger partial charge in [-0.3, -0.25) is 4.55 Å². The molecule has 134 valence electrons. The maximum absolute atomic E-state index is 11.1. The van der Waals surface area contributed by atoms with E-state index in [0.29, 0.717) is 6.42 Å². The first kappa shape index (κ1) is 21.9. The molecule has 0 saturated carbocycles. The summed E-state index contributed by atoms with van der Waals surface area (Å²) in [6.07, 6.45) is 14.0. The Hall–Kier alpha value is -0.130. The highest BCUT2D eigenvalue weighted by atomic mass is 32.2. The van der Waals surface area contributed by atoms with Gasteiger partial charge >= 0.3 is 0 Å². The summed E-state index contributed by atoms with van der Waals surface area (Å²) in [7, 11) is -4.13. The molecule has 0 fully saturated rings. The van der Waals surface area contributed by atoms with Crippen LogP contribution in [-0.2, 0) is 10.1 Å². The molecule has 0 aliphatic heterocycles. The second-order valence-corrected chi connectivity index (χ2v) is 8.11. The van der Waals surface area contributed by atoms with Crippen LogP contribution in [0.5, 0.6) is 0 Å². The van der Waals surface area contributed by atoms with Gasteiger partial charge in [0.15, 0.2) is 0 Å². The molecule has 2 atom stereocenters. The number of unbranched alkanes of at least 4 members (excludes halogenated alkanes) is 11. The van der Waals surface area contributed by atoms with Crippen LogP contribution in [0.1, 0.15) is 97.3 Å². The van der Waals surface area contributed by atoms with Crippen LogP contribution in [0, 0.1) is 0 Å². The standard InChI is InChI=1S/C17H36O4S/c1-3-4-5-6-7-8-9-10-11-12-13-14-15-17(16(2)18)22(19,20)21/h16-18H,3-15H2,1-2H3,(H,19,20,21). The molecule has 0 aliphatic rings. The smallest absolute Gasteiger partial charge is 0.270 e. The van der Waals surface area contributed by atoms with Gasteiger partial charge in [-0.15, -0.1) is 0 Å². The SMILES string of the molecule is CCCCCCCCCCCCCCC(C(C)O)S(=O)(=O)O. The minimum absolute atomic E-state index is 0.341. The fourth-order valence-electron chi connectivity index (χ4n) is 2.83. The van der Waals surface area contributed by atoms with Crippen LogP contribution in [0.3, 0.4) is 0 Å². The van der Waals surface area contributed by atoms with E-state index in [0.717, 1.165) is 19.3 Å². The van der Waals surface area contributed by atoms with Crippen LogP contribution in [0.15, 0.2) is 0 Å². The van der Waals surface area contributed by atoms with E-state index in [1.807, 2.05) is 0 Å². The van der Waals surface area contributed by atoms with Crippen LogP contribution in [0.2, 0.25) is 0 Å². The van der Waals surface area contributed by atoms with Gasteiger partial charge in [0.05, 0.1) is 6.10 Å². The van der Waals surface area contributed by atoms with E-state index in [1.54, 1.807) is 0 Å². The Morgan fingerprint density at radius 1 is 0.773 bits per heavy atom. The zero-order valence-corrected chi connectivity index (χ0v) is 15.3. The number of rotatable bonds is 15. The molecule has 5 heteroatoms. The topological polar surface area (TPSA) is 74.6 Å². The molecule has 22 heavy (non-hydrogen) atoms. The van der Waals surface area contributed by atoms with Crippen molar-refractivity contribution in [2.45, 2.75) is 109 Å². The first-order valence-corrected chi connectivity index (χ1v) is 10.5. The van der Waals surface area contributed by atoms with E-state index in [9.17, 15) is 13.5 Å². The minimum atomic E-state index is -4.13. The van der Waals surface area contributed by atoms with Crippen molar-refractivity contribution < 1.29 is 18.1 Å². The minimum Gasteiger partial charge on any atom is -0.392 e. The van der Waals surface area contributed by atoms with Gasteiger partial charge in [-0.05, 0) is 13.3 Å². The molecule has 0 aromatic carbocycles. The van der Waals surface area contributed by atoms with Crippen LogP contribution < -0.4 is 0 Å². The lowest BCUT2D eigenvalue weighted by atomic mass is 10.0. The third-order valence-electron chi connectivity index (χ3n) is 4.26. The fourth-order valence-corrected chi connectivity index (χ4v) is 3.79. The van der Waals surface area contributed by atoms with Gasteiger partial charge in [0.25, 0.3) is 10.1 Å². The van der Waals surface area contributed by atoms with Gasteiger partial charge in [0, 0.05) is 0 Å². The van der Waals surface area contributed by atoms with Crippen molar-refractivity contribution in [3.63, 3.8) is 0 Å². The van der Waals surface area contributed by atoms with Crippen LogP contribution in [0.25, 0.3) is 0 Å². The molecule has 0 bridgehead atoms. The molecule has 0 rings (SSSR count). The summed E-state index contributed by atoms with van der Waals surface area (Å²) >= 11 is 0. The second kappa shape index (κ2) is 13.3. The zero-order valence-electron chi connectivity index (χ0n) is 14.5. The quantitative estimate of drug-likeness (QED) is 0.335. The lowest BCUT2D eigenvalue weighted by molar-refractivity contribution is 0.178. The Bertz CT molecular complexity index is 339. The van der Waals surface area contributed by atoms with Gasteiger partial charge in [0.2, 0.25) is 0 Å². The molecule has 2 unspecified atom stereocenters. The van der Waals surface area contributed by atoms with Crippen LogP contribution >= 0.6 is 0 Å². The van der Waals surface area contributed by atoms with E-state index in [2.05, 4.69) is 6.92 Å². The second-order valence-electron chi connectivity index (χ2n) is 6.47. The molecular formula is C17H36O4S. The van der Waals surface area contributed by atoms with E-state index in [4.69, 9.17) is 4.55 Å². The summed E-state index contributed by atoms with van der Waals surface area (Å²) in [5.74, 6) is 0. The first-order chi connectivity index (χ1) is 10.4. The highest BCUT2D eigenvalue weighted by Crippen LogP contribution is 2.16. The maximum Gasteiger partial charge on any atom is 0.270 e. The van der Waals surface area contributed by atoms with Crippen molar-refractivity contribution >= 4 is 10.1 Å². The zero-order chi connectivity index (χ0) is 16.8. The van der Waals surface area contributed by atoms with E-state index in [-0.39, 0.29) is 0 Å². The van der Waals surface area contributed by atoms with Gasteiger partial charge < -0.3 is 5.11 Å². The van der Waals surface area contributed by atoms with Gasteiger partial charge in [0.1, 0.15) is 5.25 Å². The highest BCUT2D eigenvalue weighted by molar-refractivity contribution is 7.86. The summed E-state index contributed by atoms with van der Waals surface area (Å²) in [5.41, 5.74) is 0. The number of aliphatic hydroxyl groups excluding tert-OH is 1. The molecule has 4 nitrogen and oxygen atoms in total. The number of hydrogen-bond donors (Lipinski definition) is 2. The Kier molecular flexibility index (Phi) is 13.2. The summed E-state index contributed by atoms with van der Waals surface area (Å²) in [4.78, 5) is 0. The molecule has 0 amide bonds. The predicted molar refractivity (Wildman–Crippen MR) is 92.7 cm³/mol. The van der Waals surface area contributed by atoms with Crippen molar-refractivity contribution in [2.24, 2.45) is 0 Å². The normalized spacial score (nSPS) is 14.9. The lowest BCUT2D eigenvalue weighted by Gasteiger charge is -2.16. The molecule has 0 spiro atoms. The summed E-state index contributed by atoms with van der Waals surface area (Å²) in [6.45, 7) is 3.65. The summed E-state index contributed by atoms with van der Waals surface area (Å²) < 4.78 is 31.2. The third kappa shape index (κ3) is 12.4. The molecular weight excluding hydrogens is 300 g/mol. The largest absolute Gasteiger partial charge is 0.392 e. The van der Waals surface area contributed by atoms with Crippen LogP contribution in [-0.4, -0.2) is 29.4 Å². The Labute approximate surface area is 137 Å². The molecule has 0 aromatic heterocycles. The molecule has 0 aromatic rings. The first-order valence-electron chi connectivity index (χ1n) is 9.04. The summed E-state index contributed by atoms with van der Waals surface area (Å²) in [6, 6.07) is 0. The van der Waals surface area contributed by atoms with Crippen molar-refractivity contribution in [3.8, 4) is 0 Å². The van der Waals surface area contributed by atoms with E-state index < -0.39 is 21.5 Å². The highest BCUT2D eigenvalue weighted by Gasteiger charge is 2.27. The monoisotopic (exact) mass is 336 g/mol. The molecule has 0 heterocycles. The molecule has 0 radical (unpaired) electrons. The van der Waals surface area contributed by atoms with Crippen molar-refractivity contribution in [1.29, 1.82) is 0 Å². The van der Waals surface area contributed by atoms with Gasteiger partial charge in [-0.25, -0.2) is 0 Å². The van der Waals surface area contributed by atoms with Crippen molar-refractivity contribution in [3.05, 3.63) is 0 Å². The van der Waals surface area contributed by atoms with Crippen molar-refractivity contribution in [2.75, 3.05) is 0 Å². The van der Waals surface area contributed by atoms with E-state index >= 15 is 0 Å². The predicted octanol–water partition coefficient (Wildman–Crippen LogP) is 4.71. The van der Waals surface area contributed by atoms with Gasteiger partial charge in [-0.2, -0.15) is 8.42 Å². The lowest BCUT2D eigenvalue weighted by Crippen LogP contribution is -2.31. The molecule has 0 aliphatic carbocycles. The van der Waals surface area contributed by atoms with Crippen LogP contribution in [0.4, 0.5) is 0 Å². The summed E-state index contributed by atoms with van der Waals surface area (Å²) in [5, 5.41) is 8.35. The Balaban J connectivity index is 3.43. The fraction of sp³-hybridized carbons (Fsp3) is 1.00. The average Bonchev–Trinajstić information content (AvgIpc) is 2.42. The molecule has 2 N–H and O–H groups in total. The maximum atomic E-state index is 11.1. The van der Waals surface area contributed by atoms with E-state index in [1.165, 1.54) is 64.7 Å². The Morgan fingerprint density at radius 2 is 1.14 bits per heavy atom. The molecule has 0 saturated heterocycles. The Morgan fingerprint density at radius 3 is 1.45 bits per heavy atom. The van der Waals surface area contributed by atoms with Crippen molar-refractivity contribution in [1.82, 2.24) is 0 Å². The number of hydrogen-bond acceptors (Lipinski definition) is 3. The third-order valence-corrected chi connectivity index (χ3v) is 5.66. The average molecular weight is 337 g/mol. The van der Waals surface area contributed by atoms with Gasteiger partial charge in [-0.1, -0.05) is 84.0 Å². The number of aliphatic hydroxyl groups is 1.